The highest BCUT2D eigenvalue weighted by atomic mass is 16.5. The van der Waals surface area contributed by atoms with E-state index >= 15 is 0 Å². The predicted octanol–water partition coefficient (Wildman–Crippen LogP) is 3.17. The lowest BCUT2D eigenvalue weighted by Crippen LogP contribution is -2.16. The van der Waals surface area contributed by atoms with Gasteiger partial charge in [-0.1, -0.05) is 17.7 Å². The van der Waals surface area contributed by atoms with Crippen molar-refractivity contribution in [3.05, 3.63) is 41.8 Å². The maximum atomic E-state index is 5.51. The number of aromatic nitrogens is 1. The fourth-order valence-corrected chi connectivity index (χ4v) is 1.88. The van der Waals surface area contributed by atoms with Crippen molar-refractivity contribution in [1.82, 2.24) is 10.3 Å². The van der Waals surface area contributed by atoms with Gasteiger partial charge in [0, 0.05) is 25.3 Å². The molecule has 0 spiro atoms. The highest BCUT2D eigenvalue weighted by Gasteiger charge is 2.05. The van der Waals surface area contributed by atoms with Crippen molar-refractivity contribution < 1.29 is 9.15 Å². The summed E-state index contributed by atoms with van der Waals surface area (Å²) < 4.78 is 10.8. The molecular weight excluding hydrogens is 252 g/mol. The van der Waals surface area contributed by atoms with E-state index in [4.69, 9.17) is 9.15 Å². The third kappa shape index (κ3) is 4.47. The molecule has 0 unspecified atom stereocenters. The summed E-state index contributed by atoms with van der Waals surface area (Å²) in [5.41, 5.74) is 3.17. The second-order valence-corrected chi connectivity index (χ2v) is 4.74. The van der Waals surface area contributed by atoms with E-state index in [-0.39, 0.29) is 0 Å². The van der Waals surface area contributed by atoms with Gasteiger partial charge in [0.25, 0.3) is 0 Å². The molecule has 0 atom stereocenters. The fraction of sp³-hybridized carbons (Fsp3) is 0.438. The summed E-state index contributed by atoms with van der Waals surface area (Å²) in [6.45, 7) is 7.31. The molecule has 0 radical (unpaired) electrons. The zero-order valence-electron chi connectivity index (χ0n) is 12.2. The molecule has 108 valence electrons. The Morgan fingerprint density at radius 2 is 2.05 bits per heavy atom. The Morgan fingerprint density at radius 3 is 2.80 bits per heavy atom. The van der Waals surface area contributed by atoms with Crippen molar-refractivity contribution in [1.29, 1.82) is 0 Å². The normalized spacial score (nSPS) is 10.9. The molecule has 4 heteroatoms. The van der Waals surface area contributed by atoms with E-state index in [1.165, 1.54) is 5.56 Å². The minimum atomic E-state index is 0.677. The second-order valence-electron chi connectivity index (χ2n) is 4.74. The fourth-order valence-electron chi connectivity index (χ4n) is 1.88. The number of aryl methyl sites for hydroxylation is 1. The Labute approximate surface area is 120 Å². The molecule has 1 aromatic heterocycles. The lowest BCUT2D eigenvalue weighted by Gasteiger charge is -2.02. The van der Waals surface area contributed by atoms with E-state index in [2.05, 4.69) is 29.4 Å². The first-order valence-electron chi connectivity index (χ1n) is 7.09. The second kappa shape index (κ2) is 7.82. The first-order chi connectivity index (χ1) is 9.79. The monoisotopic (exact) mass is 274 g/mol. The number of nitrogens with zero attached hydrogens (tertiary/aromatic N) is 1. The summed E-state index contributed by atoms with van der Waals surface area (Å²) in [6, 6.07) is 8.18. The van der Waals surface area contributed by atoms with E-state index in [0.29, 0.717) is 5.89 Å². The van der Waals surface area contributed by atoms with Crippen LogP contribution < -0.4 is 5.32 Å². The van der Waals surface area contributed by atoms with E-state index in [0.717, 1.165) is 44.0 Å². The molecule has 0 saturated carbocycles. The topological polar surface area (TPSA) is 47.3 Å². The Hall–Kier alpha value is -1.65. The largest absolute Gasteiger partial charge is 0.444 e. The molecule has 0 bridgehead atoms. The van der Waals surface area contributed by atoms with Crippen LogP contribution in [0.25, 0.3) is 11.5 Å². The summed E-state index contributed by atoms with van der Waals surface area (Å²) in [6.07, 6.45) is 2.72. The Kier molecular flexibility index (Phi) is 5.77. The molecule has 0 aliphatic rings. The molecule has 0 saturated heterocycles. The van der Waals surface area contributed by atoms with E-state index in [1.807, 2.05) is 19.1 Å². The first kappa shape index (κ1) is 14.8. The van der Waals surface area contributed by atoms with Crippen molar-refractivity contribution >= 4 is 0 Å². The number of hydrogen-bond donors (Lipinski definition) is 1. The zero-order valence-corrected chi connectivity index (χ0v) is 12.2. The van der Waals surface area contributed by atoms with Gasteiger partial charge in [-0.25, -0.2) is 4.98 Å². The molecule has 20 heavy (non-hydrogen) atoms. The van der Waals surface area contributed by atoms with Gasteiger partial charge in [-0.2, -0.15) is 0 Å². The number of oxazole rings is 1. The molecule has 1 N–H and O–H groups in total. The Bertz CT molecular complexity index is 505. The molecule has 1 heterocycles. The van der Waals surface area contributed by atoms with Crippen LogP contribution in [0.4, 0.5) is 0 Å². The minimum absolute atomic E-state index is 0.677. The standard InChI is InChI=1S/C16H22N2O2/c1-3-19-10-4-9-17-11-15-12-20-16(18-15)14-7-5-13(2)6-8-14/h5-8,12,17H,3-4,9-11H2,1-2H3. The molecular formula is C16H22N2O2. The highest BCUT2D eigenvalue weighted by molar-refractivity contribution is 5.53. The molecule has 2 rings (SSSR count). The smallest absolute Gasteiger partial charge is 0.226 e. The van der Waals surface area contributed by atoms with Gasteiger partial charge in [-0.3, -0.25) is 0 Å². The van der Waals surface area contributed by atoms with Crippen LogP contribution in [0.5, 0.6) is 0 Å². The van der Waals surface area contributed by atoms with Gasteiger partial charge in [-0.05, 0) is 38.9 Å². The number of rotatable bonds is 8. The molecule has 2 aromatic rings. The summed E-state index contributed by atoms with van der Waals surface area (Å²) in [4.78, 5) is 4.48. The van der Waals surface area contributed by atoms with Gasteiger partial charge in [-0.15, -0.1) is 0 Å². The maximum absolute atomic E-state index is 5.51. The maximum Gasteiger partial charge on any atom is 0.226 e. The molecule has 0 aliphatic carbocycles. The summed E-state index contributed by atoms with van der Waals surface area (Å²) >= 11 is 0. The summed E-state index contributed by atoms with van der Waals surface area (Å²) in [5, 5.41) is 3.33. The molecule has 0 fully saturated rings. The third-order valence-corrected chi connectivity index (χ3v) is 3.00. The quantitative estimate of drug-likeness (QED) is 0.751. The van der Waals surface area contributed by atoms with Crippen molar-refractivity contribution in [2.24, 2.45) is 0 Å². The van der Waals surface area contributed by atoms with Gasteiger partial charge >= 0.3 is 0 Å². The van der Waals surface area contributed by atoms with Crippen LogP contribution >= 0.6 is 0 Å². The average Bonchev–Trinajstić information content (AvgIpc) is 2.92. The highest BCUT2D eigenvalue weighted by Crippen LogP contribution is 2.18. The van der Waals surface area contributed by atoms with Gasteiger partial charge in [0.05, 0.1) is 5.69 Å². The van der Waals surface area contributed by atoms with E-state index in [9.17, 15) is 0 Å². The van der Waals surface area contributed by atoms with Crippen LogP contribution in [0.1, 0.15) is 24.6 Å². The van der Waals surface area contributed by atoms with Crippen LogP contribution in [-0.2, 0) is 11.3 Å². The van der Waals surface area contributed by atoms with Crippen molar-refractivity contribution in [2.45, 2.75) is 26.8 Å². The predicted molar refractivity (Wildman–Crippen MR) is 79.5 cm³/mol. The van der Waals surface area contributed by atoms with Gasteiger partial charge in [0.2, 0.25) is 5.89 Å². The Morgan fingerprint density at radius 1 is 1.25 bits per heavy atom. The van der Waals surface area contributed by atoms with Gasteiger partial charge in [0.15, 0.2) is 0 Å². The molecule has 0 aliphatic heterocycles. The number of nitrogens with one attached hydrogen (secondary N) is 1. The van der Waals surface area contributed by atoms with Crippen LogP contribution in [0.2, 0.25) is 0 Å². The van der Waals surface area contributed by atoms with Crippen molar-refractivity contribution in [2.75, 3.05) is 19.8 Å². The van der Waals surface area contributed by atoms with Gasteiger partial charge < -0.3 is 14.5 Å². The van der Waals surface area contributed by atoms with E-state index < -0.39 is 0 Å². The number of ether oxygens (including phenoxy) is 1. The lowest BCUT2D eigenvalue weighted by molar-refractivity contribution is 0.144. The van der Waals surface area contributed by atoms with E-state index in [1.54, 1.807) is 6.26 Å². The first-order valence-corrected chi connectivity index (χ1v) is 7.09. The minimum Gasteiger partial charge on any atom is -0.444 e. The summed E-state index contributed by atoms with van der Waals surface area (Å²) in [5.74, 6) is 0.677. The lowest BCUT2D eigenvalue weighted by atomic mass is 10.1. The Balaban J connectivity index is 1.79. The van der Waals surface area contributed by atoms with Gasteiger partial charge in [0.1, 0.15) is 6.26 Å². The summed E-state index contributed by atoms with van der Waals surface area (Å²) in [7, 11) is 0. The van der Waals surface area contributed by atoms with Crippen molar-refractivity contribution in [3.63, 3.8) is 0 Å². The average molecular weight is 274 g/mol. The van der Waals surface area contributed by atoms with Crippen LogP contribution in [-0.4, -0.2) is 24.7 Å². The van der Waals surface area contributed by atoms with Crippen LogP contribution in [0.15, 0.2) is 34.9 Å². The molecule has 4 nitrogen and oxygen atoms in total. The molecule has 0 amide bonds. The van der Waals surface area contributed by atoms with Crippen molar-refractivity contribution in [3.8, 4) is 11.5 Å². The molecule has 1 aromatic carbocycles. The SMILES string of the molecule is CCOCCCNCc1coc(-c2ccc(C)cc2)n1. The third-order valence-electron chi connectivity index (χ3n) is 3.00. The zero-order chi connectivity index (χ0) is 14.2. The van der Waals surface area contributed by atoms with Crippen LogP contribution in [0, 0.1) is 6.92 Å². The number of hydrogen-bond acceptors (Lipinski definition) is 4. The number of benzene rings is 1. The van der Waals surface area contributed by atoms with Crippen LogP contribution in [0.3, 0.4) is 0 Å².